The molecule has 3 nitrogen and oxygen atoms in total. The van der Waals surface area contributed by atoms with Gasteiger partial charge in [0.1, 0.15) is 5.82 Å². The summed E-state index contributed by atoms with van der Waals surface area (Å²) in [5.41, 5.74) is -0.801. The van der Waals surface area contributed by atoms with E-state index in [2.05, 4.69) is 0 Å². The molecule has 0 aliphatic rings. The lowest BCUT2D eigenvalue weighted by atomic mass is 10.1. The Balaban J connectivity index is 3.11. The number of aromatic hydroxyl groups is 1. The Bertz CT molecular complexity index is 431. The molecule has 1 aromatic rings. The highest BCUT2D eigenvalue weighted by atomic mass is 19.3. The van der Waals surface area contributed by atoms with Gasteiger partial charge in [-0.3, -0.25) is 0 Å². The second-order valence-electron chi connectivity index (χ2n) is 3.08. The fraction of sp³-hybridized carbons (Fsp3) is 0.222. The number of carboxylic acids is 1. The number of hydrogen-bond donors (Lipinski definition) is 2. The molecule has 0 bridgehead atoms. The zero-order valence-electron chi connectivity index (χ0n) is 7.68. The number of rotatable bonds is 3. The topological polar surface area (TPSA) is 57.5 Å². The molecule has 0 aliphatic heterocycles. The number of alkyl halides is 2. The molecule has 0 radical (unpaired) electrons. The minimum atomic E-state index is -4.20. The molecule has 0 saturated carbocycles. The Morgan fingerprint density at radius 1 is 1.31 bits per heavy atom. The number of phenols is 1. The fourth-order valence-corrected chi connectivity index (χ4v) is 1.07. The van der Waals surface area contributed by atoms with Crippen molar-refractivity contribution in [2.45, 2.75) is 12.3 Å². The average Bonchev–Trinajstić information content (AvgIpc) is 2.12. The molecule has 1 rings (SSSR count). The third kappa shape index (κ3) is 2.41. The van der Waals surface area contributed by atoms with Gasteiger partial charge in [0.2, 0.25) is 0 Å². The molecule has 0 atom stereocenters. The standard InChI is InChI=1S/C9H6F4O3/c10-5-1-4(7(14)6(11)2-5)3-9(12,13)8(15)16/h1-2,14H,3H2,(H,15,16). The summed E-state index contributed by atoms with van der Waals surface area (Å²) in [5, 5.41) is 17.1. The van der Waals surface area contributed by atoms with E-state index in [4.69, 9.17) is 10.2 Å². The summed E-state index contributed by atoms with van der Waals surface area (Å²) in [6, 6.07) is 0.757. The number of aliphatic carboxylic acids is 1. The van der Waals surface area contributed by atoms with E-state index in [1.165, 1.54) is 0 Å². The first-order valence-corrected chi connectivity index (χ1v) is 4.02. The largest absolute Gasteiger partial charge is 0.505 e. The van der Waals surface area contributed by atoms with Crippen LogP contribution in [0.15, 0.2) is 12.1 Å². The smallest absolute Gasteiger partial charge is 0.374 e. The highest BCUT2D eigenvalue weighted by Crippen LogP contribution is 2.29. The maximum atomic E-state index is 12.7. The molecule has 0 heterocycles. The van der Waals surface area contributed by atoms with Crippen molar-refractivity contribution >= 4 is 5.97 Å². The molecule has 16 heavy (non-hydrogen) atoms. The number of carboxylic acid groups (broad SMARTS) is 1. The van der Waals surface area contributed by atoms with Gasteiger partial charge in [-0.25, -0.2) is 13.6 Å². The predicted octanol–water partition coefficient (Wildman–Crippen LogP) is 1.93. The number of phenolic OH excluding ortho intramolecular Hbond substituents is 1. The van der Waals surface area contributed by atoms with Crippen LogP contribution in [0.4, 0.5) is 17.6 Å². The van der Waals surface area contributed by atoms with Crippen LogP contribution in [0.1, 0.15) is 5.56 Å². The van der Waals surface area contributed by atoms with Crippen LogP contribution >= 0.6 is 0 Å². The van der Waals surface area contributed by atoms with Gasteiger partial charge in [0.05, 0.1) is 6.42 Å². The molecule has 0 spiro atoms. The van der Waals surface area contributed by atoms with Gasteiger partial charge < -0.3 is 10.2 Å². The van der Waals surface area contributed by atoms with Gasteiger partial charge in [0.25, 0.3) is 0 Å². The van der Waals surface area contributed by atoms with E-state index in [0.29, 0.717) is 12.1 Å². The Morgan fingerprint density at radius 3 is 2.38 bits per heavy atom. The third-order valence-corrected chi connectivity index (χ3v) is 1.83. The van der Waals surface area contributed by atoms with Crippen LogP contribution in [-0.2, 0) is 11.2 Å². The second-order valence-corrected chi connectivity index (χ2v) is 3.08. The van der Waals surface area contributed by atoms with E-state index in [-0.39, 0.29) is 0 Å². The van der Waals surface area contributed by atoms with E-state index in [0.717, 1.165) is 0 Å². The van der Waals surface area contributed by atoms with Gasteiger partial charge >= 0.3 is 11.9 Å². The molecule has 0 unspecified atom stereocenters. The second kappa shape index (κ2) is 3.99. The van der Waals surface area contributed by atoms with Crippen LogP contribution in [0.3, 0.4) is 0 Å². The van der Waals surface area contributed by atoms with Gasteiger partial charge in [-0.05, 0) is 6.07 Å². The monoisotopic (exact) mass is 238 g/mol. The Hall–Kier alpha value is -1.79. The lowest BCUT2D eigenvalue weighted by molar-refractivity contribution is -0.164. The summed E-state index contributed by atoms with van der Waals surface area (Å²) in [6.07, 6.45) is -1.48. The van der Waals surface area contributed by atoms with Crippen LogP contribution < -0.4 is 0 Å². The van der Waals surface area contributed by atoms with Crippen LogP contribution in [0.25, 0.3) is 0 Å². The molecule has 0 aliphatic carbocycles. The Morgan fingerprint density at radius 2 is 1.88 bits per heavy atom. The number of hydrogen-bond acceptors (Lipinski definition) is 2. The third-order valence-electron chi connectivity index (χ3n) is 1.83. The van der Waals surface area contributed by atoms with Crippen molar-refractivity contribution in [3.8, 4) is 5.75 Å². The molecule has 2 N–H and O–H groups in total. The Labute approximate surface area is 86.9 Å². The maximum Gasteiger partial charge on any atom is 0.374 e. The summed E-state index contributed by atoms with van der Waals surface area (Å²) in [6.45, 7) is 0. The molecule has 0 amide bonds. The van der Waals surface area contributed by atoms with Gasteiger partial charge in [0.15, 0.2) is 11.6 Å². The molecule has 7 heteroatoms. The molecule has 1 aromatic carbocycles. The lowest BCUT2D eigenvalue weighted by Gasteiger charge is -2.12. The number of benzene rings is 1. The zero-order valence-corrected chi connectivity index (χ0v) is 7.68. The molecule has 0 saturated heterocycles. The van der Waals surface area contributed by atoms with Gasteiger partial charge in [-0.15, -0.1) is 0 Å². The normalized spacial score (nSPS) is 11.5. The van der Waals surface area contributed by atoms with Gasteiger partial charge in [-0.1, -0.05) is 0 Å². The van der Waals surface area contributed by atoms with Crippen molar-refractivity contribution in [1.29, 1.82) is 0 Å². The van der Waals surface area contributed by atoms with E-state index in [9.17, 15) is 22.4 Å². The van der Waals surface area contributed by atoms with Crippen LogP contribution in [0.2, 0.25) is 0 Å². The van der Waals surface area contributed by atoms with Crippen molar-refractivity contribution in [2.24, 2.45) is 0 Å². The van der Waals surface area contributed by atoms with Crippen molar-refractivity contribution in [3.63, 3.8) is 0 Å². The van der Waals surface area contributed by atoms with Crippen LogP contribution in [-0.4, -0.2) is 22.1 Å². The maximum absolute atomic E-state index is 12.7. The van der Waals surface area contributed by atoms with Gasteiger partial charge in [0, 0.05) is 11.6 Å². The summed E-state index contributed by atoms with van der Waals surface area (Å²) in [4.78, 5) is 10.1. The molecule has 0 fully saturated rings. The summed E-state index contributed by atoms with van der Waals surface area (Å²) >= 11 is 0. The number of halogens is 4. The van der Waals surface area contributed by atoms with Crippen molar-refractivity contribution < 1.29 is 32.6 Å². The average molecular weight is 238 g/mol. The first-order chi connectivity index (χ1) is 7.24. The zero-order chi connectivity index (χ0) is 12.5. The lowest BCUT2D eigenvalue weighted by Crippen LogP contribution is -2.30. The minimum absolute atomic E-state index is 0.303. The number of carbonyl (C=O) groups is 1. The highest BCUT2D eigenvalue weighted by Gasteiger charge is 2.40. The van der Waals surface area contributed by atoms with Crippen molar-refractivity contribution in [3.05, 3.63) is 29.3 Å². The van der Waals surface area contributed by atoms with E-state index < -0.39 is 41.3 Å². The summed E-state index contributed by atoms with van der Waals surface area (Å²) in [5.74, 6) is -10.4. The quantitative estimate of drug-likeness (QED) is 0.791. The molecule has 88 valence electrons. The SMILES string of the molecule is O=C(O)C(F)(F)Cc1cc(F)cc(F)c1O. The van der Waals surface area contributed by atoms with E-state index in [1.807, 2.05) is 0 Å². The first-order valence-electron chi connectivity index (χ1n) is 4.02. The summed E-state index contributed by atoms with van der Waals surface area (Å²) in [7, 11) is 0. The van der Waals surface area contributed by atoms with E-state index in [1.54, 1.807) is 0 Å². The first kappa shape index (κ1) is 12.3. The molecular formula is C9H6F4O3. The molecular weight excluding hydrogens is 232 g/mol. The van der Waals surface area contributed by atoms with Crippen molar-refractivity contribution in [1.82, 2.24) is 0 Å². The fourth-order valence-electron chi connectivity index (χ4n) is 1.07. The summed E-state index contributed by atoms with van der Waals surface area (Å²) < 4.78 is 50.8. The minimum Gasteiger partial charge on any atom is -0.505 e. The van der Waals surface area contributed by atoms with Crippen LogP contribution in [0.5, 0.6) is 5.75 Å². The highest BCUT2D eigenvalue weighted by molar-refractivity contribution is 5.75. The molecule has 0 aromatic heterocycles. The van der Waals surface area contributed by atoms with Crippen molar-refractivity contribution in [2.75, 3.05) is 0 Å². The Kier molecular flexibility index (Phi) is 3.06. The predicted molar refractivity (Wildman–Crippen MR) is 44.3 cm³/mol. The van der Waals surface area contributed by atoms with E-state index >= 15 is 0 Å². The van der Waals surface area contributed by atoms with Crippen LogP contribution in [0, 0.1) is 11.6 Å². The van der Waals surface area contributed by atoms with Gasteiger partial charge in [-0.2, -0.15) is 8.78 Å².